The lowest BCUT2D eigenvalue weighted by Gasteiger charge is -2.33. The van der Waals surface area contributed by atoms with Gasteiger partial charge < -0.3 is 4.90 Å². The van der Waals surface area contributed by atoms with Gasteiger partial charge in [-0.1, -0.05) is 0 Å². The quantitative estimate of drug-likeness (QED) is 0.442. The number of nitrogens with zero attached hydrogens (tertiary/aromatic N) is 5. The van der Waals surface area contributed by atoms with Gasteiger partial charge in [0.2, 0.25) is 0 Å². The molecular formula is C11H13N5O2. The molecule has 0 aromatic carbocycles. The molecule has 0 N–H and O–H groups in total. The standard InChI is InChI=1S/C11H13N5O2/c12-2-4-14-5-7-15(8-6-14)11-9-10(16(17)18)1-3-13-11/h1,3,9H,4-8H2. The van der Waals surface area contributed by atoms with Crippen molar-refractivity contribution in [3.05, 3.63) is 28.4 Å². The lowest BCUT2D eigenvalue weighted by atomic mass is 10.3. The fourth-order valence-electron chi connectivity index (χ4n) is 1.93. The molecule has 7 nitrogen and oxygen atoms in total. The number of anilines is 1. The fourth-order valence-corrected chi connectivity index (χ4v) is 1.93. The third-order valence-electron chi connectivity index (χ3n) is 2.93. The van der Waals surface area contributed by atoms with Crippen molar-refractivity contribution in [2.24, 2.45) is 0 Å². The van der Waals surface area contributed by atoms with Crippen molar-refractivity contribution in [3.63, 3.8) is 0 Å². The summed E-state index contributed by atoms with van der Waals surface area (Å²) >= 11 is 0. The monoisotopic (exact) mass is 247 g/mol. The number of nitriles is 1. The van der Waals surface area contributed by atoms with Crippen molar-refractivity contribution in [2.45, 2.75) is 0 Å². The average Bonchev–Trinajstić information content (AvgIpc) is 2.40. The summed E-state index contributed by atoms with van der Waals surface area (Å²) in [6.07, 6.45) is 1.45. The Kier molecular flexibility index (Phi) is 3.69. The molecule has 1 aromatic rings. The van der Waals surface area contributed by atoms with Crippen LogP contribution in [0.25, 0.3) is 0 Å². The summed E-state index contributed by atoms with van der Waals surface area (Å²) in [5, 5.41) is 19.3. The lowest BCUT2D eigenvalue weighted by Crippen LogP contribution is -2.46. The lowest BCUT2D eigenvalue weighted by molar-refractivity contribution is -0.384. The van der Waals surface area contributed by atoms with Crippen LogP contribution in [0.1, 0.15) is 0 Å². The summed E-state index contributed by atoms with van der Waals surface area (Å²) in [7, 11) is 0. The summed E-state index contributed by atoms with van der Waals surface area (Å²) in [6, 6.07) is 4.99. The molecule has 0 bridgehead atoms. The molecule has 7 heteroatoms. The molecular weight excluding hydrogens is 234 g/mol. The Labute approximate surface area is 104 Å². The molecule has 1 aliphatic heterocycles. The van der Waals surface area contributed by atoms with E-state index in [1.165, 1.54) is 18.3 Å². The Morgan fingerprint density at radius 3 is 2.78 bits per heavy atom. The third kappa shape index (κ3) is 2.73. The maximum absolute atomic E-state index is 10.7. The summed E-state index contributed by atoms with van der Waals surface area (Å²) in [6.45, 7) is 3.44. The van der Waals surface area contributed by atoms with Crippen LogP contribution in [0, 0.1) is 21.4 Å². The topological polar surface area (TPSA) is 86.3 Å². The molecule has 0 unspecified atom stereocenters. The van der Waals surface area contributed by atoms with E-state index < -0.39 is 4.92 Å². The Hall–Kier alpha value is -2.20. The number of rotatable bonds is 3. The van der Waals surface area contributed by atoms with Gasteiger partial charge in [0.05, 0.1) is 23.6 Å². The molecule has 0 saturated carbocycles. The van der Waals surface area contributed by atoms with Crippen LogP contribution < -0.4 is 4.90 Å². The first kappa shape index (κ1) is 12.3. The van der Waals surface area contributed by atoms with Crippen LogP contribution in [0.2, 0.25) is 0 Å². The summed E-state index contributed by atoms with van der Waals surface area (Å²) in [4.78, 5) is 18.5. The first-order chi connectivity index (χ1) is 8.70. The number of piperazine rings is 1. The van der Waals surface area contributed by atoms with Gasteiger partial charge in [0.15, 0.2) is 0 Å². The molecule has 0 spiro atoms. The van der Waals surface area contributed by atoms with E-state index in [1.807, 2.05) is 9.80 Å². The number of nitro groups is 1. The second kappa shape index (κ2) is 5.42. The highest BCUT2D eigenvalue weighted by Crippen LogP contribution is 2.19. The van der Waals surface area contributed by atoms with Crippen molar-refractivity contribution in [3.8, 4) is 6.07 Å². The highest BCUT2D eigenvalue weighted by molar-refractivity contribution is 5.46. The highest BCUT2D eigenvalue weighted by Gasteiger charge is 2.19. The van der Waals surface area contributed by atoms with Crippen molar-refractivity contribution in [1.29, 1.82) is 5.26 Å². The second-order valence-electron chi connectivity index (χ2n) is 4.05. The Morgan fingerprint density at radius 1 is 1.44 bits per heavy atom. The first-order valence-corrected chi connectivity index (χ1v) is 5.65. The van der Waals surface area contributed by atoms with Crippen LogP contribution >= 0.6 is 0 Å². The van der Waals surface area contributed by atoms with E-state index >= 15 is 0 Å². The number of hydrogen-bond donors (Lipinski definition) is 0. The summed E-state index contributed by atoms with van der Waals surface area (Å²) in [5.41, 5.74) is 0.0551. The highest BCUT2D eigenvalue weighted by atomic mass is 16.6. The van der Waals surface area contributed by atoms with E-state index in [0.717, 1.165) is 26.2 Å². The van der Waals surface area contributed by atoms with Gasteiger partial charge in [-0.05, 0) is 0 Å². The largest absolute Gasteiger partial charge is 0.354 e. The zero-order valence-electron chi connectivity index (χ0n) is 9.82. The molecule has 1 aromatic heterocycles. The molecule has 0 amide bonds. The van der Waals surface area contributed by atoms with Crippen LogP contribution in [0.4, 0.5) is 11.5 Å². The van der Waals surface area contributed by atoms with Gasteiger partial charge >= 0.3 is 0 Å². The Balaban J connectivity index is 2.03. The van der Waals surface area contributed by atoms with Gasteiger partial charge in [-0.25, -0.2) is 4.98 Å². The van der Waals surface area contributed by atoms with Gasteiger partial charge in [-0.3, -0.25) is 15.0 Å². The minimum Gasteiger partial charge on any atom is -0.354 e. The maximum Gasteiger partial charge on any atom is 0.274 e. The van der Waals surface area contributed by atoms with E-state index in [2.05, 4.69) is 11.1 Å². The van der Waals surface area contributed by atoms with Crippen LogP contribution in [0.3, 0.4) is 0 Å². The molecule has 1 fully saturated rings. The molecule has 0 radical (unpaired) electrons. The van der Waals surface area contributed by atoms with Gasteiger partial charge in [0, 0.05) is 38.4 Å². The molecule has 2 heterocycles. The zero-order valence-corrected chi connectivity index (χ0v) is 9.82. The number of aromatic nitrogens is 1. The van der Waals surface area contributed by atoms with Crippen molar-refractivity contribution < 1.29 is 4.92 Å². The minimum absolute atomic E-state index is 0.0551. The summed E-state index contributed by atoms with van der Waals surface area (Å²) < 4.78 is 0. The predicted molar refractivity (Wildman–Crippen MR) is 65.2 cm³/mol. The molecule has 1 saturated heterocycles. The zero-order chi connectivity index (χ0) is 13.0. The Morgan fingerprint density at radius 2 is 2.17 bits per heavy atom. The summed E-state index contributed by atoms with van der Waals surface area (Å²) in [5.74, 6) is 0.626. The van der Waals surface area contributed by atoms with Crippen molar-refractivity contribution in [2.75, 3.05) is 37.6 Å². The van der Waals surface area contributed by atoms with Crippen LogP contribution in [-0.2, 0) is 0 Å². The van der Waals surface area contributed by atoms with Gasteiger partial charge in [0.25, 0.3) is 5.69 Å². The predicted octanol–water partition coefficient (Wildman–Crippen LogP) is 0.635. The van der Waals surface area contributed by atoms with Crippen LogP contribution in [0.15, 0.2) is 18.3 Å². The van der Waals surface area contributed by atoms with E-state index in [0.29, 0.717) is 12.4 Å². The smallest absolute Gasteiger partial charge is 0.274 e. The van der Waals surface area contributed by atoms with E-state index in [9.17, 15) is 10.1 Å². The molecule has 2 rings (SSSR count). The van der Waals surface area contributed by atoms with E-state index in [4.69, 9.17) is 5.26 Å². The average molecular weight is 247 g/mol. The molecule has 1 aliphatic rings. The van der Waals surface area contributed by atoms with Crippen molar-refractivity contribution in [1.82, 2.24) is 9.88 Å². The van der Waals surface area contributed by atoms with Crippen LogP contribution in [-0.4, -0.2) is 47.5 Å². The van der Waals surface area contributed by atoms with Gasteiger partial charge in [0.1, 0.15) is 5.82 Å². The molecule has 0 aliphatic carbocycles. The molecule has 18 heavy (non-hydrogen) atoms. The third-order valence-corrected chi connectivity index (χ3v) is 2.93. The van der Waals surface area contributed by atoms with Crippen LogP contribution in [0.5, 0.6) is 0 Å². The number of pyridine rings is 1. The second-order valence-corrected chi connectivity index (χ2v) is 4.05. The number of hydrogen-bond acceptors (Lipinski definition) is 6. The SMILES string of the molecule is N#CCN1CCN(c2cc([N+](=O)[O-])ccn2)CC1. The fraction of sp³-hybridized carbons (Fsp3) is 0.455. The van der Waals surface area contributed by atoms with E-state index in [-0.39, 0.29) is 5.69 Å². The normalized spacial score (nSPS) is 16.3. The minimum atomic E-state index is -0.420. The van der Waals surface area contributed by atoms with Crippen molar-refractivity contribution >= 4 is 11.5 Å². The van der Waals surface area contributed by atoms with Gasteiger partial charge in [-0.2, -0.15) is 5.26 Å². The maximum atomic E-state index is 10.7. The molecule has 0 atom stereocenters. The van der Waals surface area contributed by atoms with Gasteiger partial charge in [-0.15, -0.1) is 0 Å². The Bertz CT molecular complexity index is 477. The first-order valence-electron chi connectivity index (χ1n) is 5.65. The van der Waals surface area contributed by atoms with E-state index in [1.54, 1.807) is 0 Å². The molecule has 94 valence electrons.